The van der Waals surface area contributed by atoms with Gasteiger partial charge in [-0.15, -0.1) is 0 Å². The summed E-state index contributed by atoms with van der Waals surface area (Å²) in [5.41, 5.74) is 2.38. The Morgan fingerprint density at radius 3 is 3.05 bits per heavy atom. The fourth-order valence-corrected chi connectivity index (χ4v) is 3.61. The van der Waals surface area contributed by atoms with Crippen LogP contribution >= 0.6 is 0 Å². The SMILES string of the molecule is Fc1ccc2c(CCC34C=CC(CC3)CN4)c[nH]c2c1. The molecule has 2 nitrogen and oxygen atoms in total. The number of fused-ring (bicyclic) bond motifs is 3. The standard InChI is InChI=1S/C17H19FN2/c18-14-1-2-15-13(11-19-16(15)9-14)5-8-17-6-3-12(4-7-17)10-20-17/h1-3,6,9,11-12,19-20H,4-5,7-8,10H2. The Kier molecular flexibility index (Phi) is 2.71. The lowest BCUT2D eigenvalue weighted by atomic mass is 9.75. The van der Waals surface area contributed by atoms with Crippen LogP contribution in [0.1, 0.15) is 24.8 Å². The predicted octanol–water partition coefficient (Wildman–Crippen LogP) is 3.55. The average Bonchev–Trinajstić information content (AvgIpc) is 2.89. The van der Waals surface area contributed by atoms with Crippen molar-refractivity contribution in [2.45, 2.75) is 31.2 Å². The maximum Gasteiger partial charge on any atom is 0.125 e. The number of benzene rings is 1. The van der Waals surface area contributed by atoms with Crippen LogP contribution < -0.4 is 5.32 Å². The number of piperidine rings is 1. The Hall–Kier alpha value is -1.61. The number of H-pyrrole nitrogens is 1. The van der Waals surface area contributed by atoms with Crippen molar-refractivity contribution in [2.24, 2.45) is 5.92 Å². The Morgan fingerprint density at radius 2 is 2.30 bits per heavy atom. The van der Waals surface area contributed by atoms with E-state index in [-0.39, 0.29) is 11.4 Å². The zero-order valence-electron chi connectivity index (χ0n) is 11.5. The quantitative estimate of drug-likeness (QED) is 0.820. The first-order valence-electron chi connectivity index (χ1n) is 7.44. The minimum atomic E-state index is -0.181. The summed E-state index contributed by atoms with van der Waals surface area (Å²) in [7, 11) is 0. The van der Waals surface area contributed by atoms with E-state index >= 15 is 0 Å². The second-order valence-electron chi connectivity index (χ2n) is 6.20. The number of aromatic nitrogens is 1. The lowest BCUT2D eigenvalue weighted by Crippen LogP contribution is -2.52. The van der Waals surface area contributed by atoms with E-state index in [4.69, 9.17) is 0 Å². The van der Waals surface area contributed by atoms with Crippen molar-refractivity contribution in [1.82, 2.24) is 10.3 Å². The molecule has 3 heteroatoms. The Balaban J connectivity index is 1.56. The molecule has 3 aliphatic rings. The maximum absolute atomic E-state index is 13.2. The van der Waals surface area contributed by atoms with Gasteiger partial charge in [0.15, 0.2) is 0 Å². The summed E-state index contributed by atoms with van der Waals surface area (Å²) in [4.78, 5) is 3.18. The summed E-state index contributed by atoms with van der Waals surface area (Å²) in [6, 6.07) is 5.00. The summed E-state index contributed by atoms with van der Waals surface area (Å²) in [5, 5.41) is 4.84. The van der Waals surface area contributed by atoms with Gasteiger partial charge in [-0.3, -0.25) is 0 Å². The molecule has 2 atom stereocenters. The summed E-state index contributed by atoms with van der Waals surface area (Å²) in [6.45, 7) is 1.12. The van der Waals surface area contributed by atoms with Crippen molar-refractivity contribution in [3.63, 3.8) is 0 Å². The highest BCUT2D eigenvalue weighted by atomic mass is 19.1. The van der Waals surface area contributed by atoms with Crippen LogP contribution in [0.15, 0.2) is 36.5 Å². The second kappa shape index (κ2) is 4.45. The van der Waals surface area contributed by atoms with E-state index in [2.05, 4.69) is 22.5 Å². The highest BCUT2D eigenvalue weighted by Gasteiger charge is 2.35. The molecule has 0 radical (unpaired) electrons. The third kappa shape index (κ3) is 1.97. The molecule has 2 aliphatic heterocycles. The molecular formula is C17H19FN2. The first-order chi connectivity index (χ1) is 9.74. The van der Waals surface area contributed by atoms with E-state index < -0.39 is 0 Å². The molecule has 2 unspecified atom stereocenters. The van der Waals surface area contributed by atoms with Crippen LogP contribution in [0.25, 0.3) is 10.9 Å². The molecule has 3 heterocycles. The summed E-state index contributed by atoms with van der Waals surface area (Å²) in [5.74, 6) is 0.563. The number of aromatic amines is 1. The zero-order valence-corrected chi connectivity index (χ0v) is 11.5. The first kappa shape index (κ1) is 12.2. The van der Waals surface area contributed by atoms with Crippen molar-refractivity contribution >= 4 is 10.9 Å². The van der Waals surface area contributed by atoms with Crippen molar-refractivity contribution < 1.29 is 4.39 Å². The van der Waals surface area contributed by atoms with E-state index in [0.29, 0.717) is 0 Å². The monoisotopic (exact) mass is 270 g/mol. The third-order valence-electron chi connectivity index (χ3n) is 4.93. The lowest BCUT2D eigenvalue weighted by molar-refractivity contribution is 0.241. The van der Waals surface area contributed by atoms with Gasteiger partial charge >= 0.3 is 0 Å². The molecule has 1 aromatic heterocycles. The van der Waals surface area contributed by atoms with Crippen molar-refractivity contribution in [2.75, 3.05) is 6.54 Å². The van der Waals surface area contributed by atoms with Crippen LogP contribution in [0, 0.1) is 11.7 Å². The molecule has 0 saturated carbocycles. The van der Waals surface area contributed by atoms with E-state index in [0.717, 1.165) is 36.2 Å². The zero-order chi connectivity index (χ0) is 13.6. The molecular weight excluding hydrogens is 251 g/mol. The number of rotatable bonds is 3. The molecule has 2 aromatic rings. The molecule has 0 spiro atoms. The molecule has 2 N–H and O–H groups in total. The Bertz CT molecular complexity index is 663. The largest absolute Gasteiger partial charge is 0.361 e. The van der Waals surface area contributed by atoms with Gasteiger partial charge in [-0.1, -0.05) is 12.2 Å². The first-order valence-corrected chi connectivity index (χ1v) is 7.44. The average molecular weight is 270 g/mol. The van der Waals surface area contributed by atoms with Crippen LogP contribution in [0.2, 0.25) is 0 Å². The molecule has 1 fully saturated rings. The topological polar surface area (TPSA) is 27.8 Å². The number of hydrogen-bond acceptors (Lipinski definition) is 1. The van der Waals surface area contributed by atoms with Gasteiger partial charge in [-0.2, -0.15) is 0 Å². The van der Waals surface area contributed by atoms with Gasteiger partial charge in [0.25, 0.3) is 0 Å². The molecule has 20 heavy (non-hydrogen) atoms. The van der Waals surface area contributed by atoms with Gasteiger partial charge in [-0.05, 0) is 55.4 Å². The number of nitrogens with one attached hydrogen (secondary N) is 2. The van der Waals surface area contributed by atoms with Crippen molar-refractivity contribution in [1.29, 1.82) is 0 Å². The van der Waals surface area contributed by atoms with Crippen LogP contribution in [0.4, 0.5) is 4.39 Å². The van der Waals surface area contributed by atoms with Gasteiger partial charge in [0.1, 0.15) is 5.82 Å². The normalized spacial score (nSPS) is 28.4. The summed E-state index contributed by atoms with van der Waals surface area (Å²) in [6.07, 6.45) is 11.5. The fourth-order valence-electron chi connectivity index (χ4n) is 3.61. The minimum Gasteiger partial charge on any atom is -0.361 e. The summed E-state index contributed by atoms with van der Waals surface area (Å²) >= 11 is 0. The molecule has 104 valence electrons. The van der Waals surface area contributed by atoms with Crippen molar-refractivity contribution in [3.05, 3.63) is 47.9 Å². The number of halogens is 1. The van der Waals surface area contributed by atoms with Crippen LogP contribution in [0.5, 0.6) is 0 Å². The Morgan fingerprint density at radius 1 is 1.35 bits per heavy atom. The highest BCUT2D eigenvalue weighted by molar-refractivity contribution is 5.83. The molecule has 1 aromatic carbocycles. The van der Waals surface area contributed by atoms with Gasteiger partial charge < -0.3 is 10.3 Å². The molecule has 1 aliphatic carbocycles. The molecule has 1 saturated heterocycles. The highest BCUT2D eigenvalue weighted by Crippen LogP contribution is 2.35. The summed E-state index contributed by atoms with van der Waals surface area (Å²) < 4.78 is 13.2. The molecule has 5 rings (SSSR count). The van der Waals surface area contributed by atoms with E-state index in [1.165, 1.54) is 18.4 Å². The molecule has 2 bridgehead atoms. The Labute approximate surface area is 118 Å². The van der Waals surface area contributed by atoms with Crippen LogP contribution in [-0.2, 0) is 6.42 Å². The van der Waals surface area contributed by atoms with E-state index in [1.54, 1.807) is 12.1 Å². The van der Waals surface area contributed by atoms with E-state index in [9.17, 15) is 4.39 Å². The fraction of sp³-hybridized carbons (Fsp3) is 0.412. The van der Waals surface area contributed by atoms with Gasteiger partial charge in [0.2, 0.25) is 0 Å². The van der Waals surface area contributed by atoms with Crippen molar-refractivity contribution in [3.8, 4) is 0 Å². The second-order valence-corrected chi connectivity index (χ2v) is 6.20. The maximum atomic E-state index is 13.2. The van der Waals surface area contributed by atoms with Crippen LogP contribution in [-0.4, -0.2) is 17.1 Å². The number of hydrogen-bond donors (Lipinski definition) is 2. The lowest BCUT2D eigenvalue weighted by Gasteiger charge is -2.43. The molecule has 0 amide bonds. The van der Waals surface area contributed by atoms with Crippen LogP contribution in [0.3, 0.4) is 0 Å². The van der Waals surface area contributed by atoms with Gasteiger partial charge in [0, 0.05) is 29.2 Å². The minimum absolute atomic E-state index is 0.181. The number of aryl methyl sites for hydroxylation is 1. The van der Waals surface area contributed by atoms with Gasteiger partial charge in [-0.25, -0.2) is 4.39 Å². The predicted molar refractivity (Wildman–Crippen MR) is 79.2 cm³/mol. The van der Waals surface area contributed by atoms with Gasteiger partial charge in [0.05, 0.1) is 0 Å². The third-order valence-corrected chi connectivity index (χ3v) is 4.93. The van der Waals surface area contributed by atoms with E-state index in [1.807, 2.05) is 12.3 Å². The smallest absolute Gasteiger partial charge is 0.125 e.